The summed E-state index contributed by atoms with van der Waals surface area (Å²) in [7, 11) is 0. The lowest BCUT2D eigenvalue weighted by atomic mass is 10.1. The number of allylic oxidation sites excluding steroid dienone is 2. The Morgan fingerprint density at radius 2 is 1.33 bits per heavy atom. The minimum atomic E-state index is -0.390. The number of hydrogen-bond acceptors (Lipinski definition) is 4. The maximum atomic E-state index is 12.5. The van der Waals surface area contributed by atoms with Gasteiger partial charge in [-0.15, -0.1) is 0 Å². The van der Waals surface area contributed by atoms with Gasteiger partial charge in [-0.2, -0.15) is 0 Å². The summed E-state index contributed by atoms with van der Waals surface area (Å²) >= 11 is 0. The number of carbonyl (C=O) groups is 1. The Labute approximate surface area is 215 Å². The molecule has 190 valence electrons. The van der Waals surface area contributed by atoms with E-state index in [1.54, 1.807) is 24.3 Å². The third kappa shape index (κ3) is 8.92. The SMILES string of the molecule is CC/C=C\CCCCOc1ccc(-c2ccc(OC(=O)c3ccc(OC[C@@H](C)CC)cc3)cc2)cc1. The zero-order valence-electron chi connectivity index (χ0n) is 21.7. The van der Waals surface area contributed by atoms with Gasteiger partial charge in [0, 0.05) is 0 Å². The largest absolute Gasteiger partial charge is 0.494 e. The van der Waals surface area contributed by atoms with Crippen molar-refractivity contribution < 1.29 is 19.0 Å². The zero-order chi connectivity index (χ0) is 25.6. The number of unbranched alkanes of at least 4 members (excludes halogenated alkanes) is 2. The minimum absolute atomic E-state index is 0.390. The van der Waals surface area contributed by atoms with Crippen LogP contribution in [0.2, 0.25) is 0 Å². The molecule has 0 aromatic heterocycles. The number of hydrogen-bond donors (Lipinski definition) is 0. The smallest absolute Gasteiger partial charge is 0.343 e. The van der Waals surface area contributed by atoms with E-state index < -0.39 is 0 Å². The lowest BCUT2D eigenvalue weighted by molar-refractivity contribution is 0.0734. The van der Waals surface area contributed by atoms with Gasteiger partial charge >= 0.3 is 5.97 Å². The lowest BCUT2D eigenvalue weighted by Crippen LogP contribution is -2.09. The van der Waals surface area contributed by atoms with Crippen molar-refractivity contribution in [1.29, 1.82) is 0 Å². The highest BCUT2D eigenvalue weighted by Gasteiger charge is 2.10. The lowest BCUT2D eigenvalue weighted by Gasteiger charge is -2.11. The standard InChI is InChI=1S/C32H38O4/c1-4-6-7-8-9-10-23-34-29-17-11-26(12-18-29)27-13-21-31(22-14-27)36-32(33)28-15-19-30(20-16-28)35-24-25(3)5-2/h6-7,11-22,25H,4-5,8-10,23-24H2,1-3H3/b7-6-/t25-/m0/s1. The van der Waals surface area contributed by atoms with Crippen LogP contribution in [0.4, 0.5) is 0 Å². The summed E-state index contributed by atoms with van der Waals surface area (Å²) in [5.41, 5.74) is 2.62. The van der Waals surface area contributed by atoms with Crippen LogP contribution < -0.4 is 14.2 Å². The molecule has 0 aliphatic rings. The van der Waals surface area contributed by atoms with Crippen LogP contribution in [-0.4, -0.2) is 19.2 Å². The molecule has 0 saturated carbocycles. The summed E-state index contributed by atoms with van der Waals surface area (Å²) in [5, 5.41) is 0. The first kappa shape index (κ1) is 27.1. The molecule has 0 amide bonds. The van der Waals surface area contributed by atoms with Gasteiger partial charge in [0.25, 0.3) is 0 Å². The van der Waals surface area contributed by atoms with E-state index in [9.17, 15) is 4.79 Å². The van der Waals surface area contributed by atoms with Gasteiger partial charge in [0.2, 0.25) is 0 Å². The molecule has 0 N–H and O–H groups in total. The molecule has 4 heteroatoms. The van der Waals surface area contributed by atoms with Crippen molar-refractivity contribution in [3.05, 3.63) is 90.5 Å². The second kappa shape index (κ2) is 14.8. The maximum Gasteiger partial charge on any atom is 0.343 e. The summed E-state index contributed by atoms with van der Waals surface area (Å²) < 4.78 is 17.2. The average molecular weight is 487 g/mol. The molecule has 0 saturated heterocycles. The average Bonchev–Trinajstić information content (AvgIpc) is 2.92. The van der Waals surface area contributed by atoms with Crippen molar-refractivity contribution in [2.75, 3.05) is 13.2 Å². The van der Waals surface area contributed by atoms with Gasteiger partial charge in [0.15, 0.2) is 0 Å². The van der Waals surface area contributed by atoms with Gasteiger partial charge in [-0.25, -0.2) is 4.79 Å². The van der Waals surface area contributed by atoms with Crippen molar-refractivity contribution in [1.82, 2.24) is 0 Å². The summed E-state index contributed by atoms with van der Waals surface area (Å²) in [5.74, 6) is 2.25. The molecule has 4 nitrogen and oxygen atoms in total. The first-order valence-electron chi connectivity index (χ1n) is 13.0. The summed E-state index contributed by atoms with van der Waals surface area (Å²) in [6, 6.07) is 22.7. The molecule has 36 heavy (non-hydrogen) atoms. The predicted octanol–water partition coefficient (Wildman–Crippen LogP) is 8.51. The number of ether oxygens (including phenoxy) is 3. The van der Waals surface area contributed by atoms with Crippen molar-refractivity contribution in [3.8, 4) is 28.4 Å². The van der Waals surface area contributed by atoms with Crippen LogP contribution in [0.5, 0.6) is 17.2 Å². The zero-order valence-corrected chi connectivity index (χ0v) is 21.7. The maximum absolute atomic E-state index is 12.5. The van der Waals surface area contributed by atoms with E-state index >= 15 is 0 Å². The third-order valence-corrected chi connectivity index (χ3v) is 6.01. The number of rotatable bonds is 14. The second-order valence-electron chi connectivity index (χ2n) is 9.01. The first-order chi connectivity index (χ1) is 17.6. The van der Waals surface area contributed by atoms with E-state index in [4.69, 9.17) is 14.2 Å². The highest BCUT2D eigenvalue weighted by Crippen LogP contribution is 2.25. The Morgan fingerprint density at radius 3 is 1.94 bits per heavy atom. The van der Waals surface area contributed by atoms with Crippen LogP contribution in [-0.2, 0) is 0 Å². The predicted molar refractivity (Wildman–Crippen MR) is 147 cm³/mol. The highest BCUT2D eigenvalue weighted by molar-refractivity contribution is 5.91. The Kier molecular flexibility index (Phi) is 11.1. The van der Waals surface area contributed by atoms with E-state index in [0.717, 1.165) is 61.3 Å². The van der Waals surface area contributed by atoms with E-state index in [-0.39, 0.29) is 5.97 Å². The minimum Gasteiger partial charge on any atom is -0.494 e. The number of benzene rings is 3. The molecule has 0 fully saturated rings. The van der Waals surface area contributed by atoms with Crippen LogP contribution in [0.25, 0.3) is 11.1 Å². The third-order valence-electron chi connectivity index (χ3n) is 6.01. The molecule has 3 rings (SSSR count). The molecule has 0 radical (unpaired) electrons. The van der Waals surface area contributed by atoms with Crippen molar-refractivity contribution in [2.24, 2.45) is 5.92 Å². The molecule has 1 atom stereocenters. The number of carbonyl (C=O) groups excluding carboxylic acids is 1. The summed E-state index contributed by atoms with van der Waals surface area (Å²) in [6.45, 7) is 7.84. The van der Waals surface area contributed by atoms with Gasteiger partial charge < -0.3 is 14.2 Å². The van der Waals surface area contributed by atoms with Gasteiger partial charge in [0.05, 0.1) is 18.8 Å². The van der Waals surface area contributed by atoms with Crippen LogP contribution in [0.15, 0.2) is 84.9 Å². The normalized spacial score (nSPS) is 11.9. The molecular formula is C32H38O4. The second-order valence-corrected chi connectivity index (χ2v) is 9.01. The Morgan fingerprint density at radius 1 is 0.750 bits per heavy atom. The fourth-order valence-corrected chi connectivity index (χ4v) is 3.51. The van der Waals surface area contributed by atoms with Crippen LogP contribution in [0.1, 0.15) is 63.2 Å². The summed E-state index contributed by atoms with van der Waals surface area (Å²) in [6.07, 6.45) is 9.92. The molecule has 3 aromatic rings. The fourth-order valence-electron chi connectivity index (χ4n) is 3.51. The first-order valence-corrected chi connectivity index (χ1v) is 13.0. The van der Waals surface area contributed by atoms with Crippen molar-refractivity contribution in [3.63, 3.8) is 0 Å². The fraction of sp³-hybridized carbons (Fsp3) is 0.344. The molecule has 3 aromatic carbocycles. The van der Waals surface area contributed by atoms with Gasteiger partial charge in [-0.3, -0.25) is 0 Å². The van der Waals surface area contributed by atoms with Gasteiger partial charge in [0.1, 0.15) is 17.2 Å². The molecule has 0 aliphatic heterocycles. The summed E-state index contributed by atoms with van der Waals surface area (Å²) in [4.78, 5) is 12.5. The highest BCUT2D eigenvalue weighted by atomic mass is 16.5. The number of esters is 1. The van der Waals surface area contributed by atoms with Gasteiger partial charge in [-0.1, -0.05) is 63.6 Å². The Bertz CT molecular complexity index is 1070. The topological polar surface area (TPSA) is 44.8 Å². The van der Waals surface area contributed by atoms with Crippen LogP contribution in [0, 0.1) is 5.92 Å². The molecule has 0 aliphatic carbocycles. The Balaban J connectivity index is 1.47. The van der Waals surface area contributed by atoms with E-state index in [2.05, 4.69) is 32.9 Å². The molecule has 0 heterocycles. The molecule has 0 spiro atoms. The van der Waals surface area contributed by atoms with E-state index in [1.807, 2.05) is 48.5 Å². The van der Waals surface area contributed by atoms with Crippen LogP contribution in [0.3, 0.4) is 0 Å². The molecule has 0 unspecified atom stereocenters. The quantitative estimate of drug-likeness (QED) is 0.0991. The van der Waals surface area contributed by atoms with Crippen molar-refractivity contribution in [2.45, 2.75) is 52.9 Å². The monoisotopic (exact) mass is 486 g/mol. The van der Waals surface area contributed by atoms with Crippen LogP contribution >= 0.6 is 0 Å². The molecular weight excluding hydrogens is 448 g/mol. The molecule has 0 bridgehead atoms. The Hall–Kier alpha value is -3.53. The van der Waals surface area contributed by atoms with Gasteiger partial charge in [-0.05, 0) is 91.3 Å². The van der Waals surface area contributed by atoms with Crippen molar-refractivity contribution >= 4 is 5.97 Å². The van der Waals surface area contributed by atoms with E-state index in [1.165, 1.54) is 0 Å². The van der Waals surface area contributed by atoms with E-state index in [0.29, 0.717) is 23.8 Å².